The Morgan fingerprint density at radius 2 is 2.17 bits per heavy atom. The molecule has 0 aliphatic carbocycles. The molecule has 1 heterocycles. The summed E-state index contributed by atoms with van der Waals surface area (Å²) in [7, 11) is 1.69. The van der Waals surface area contributed by atoms with Gasteiger partial charge in [-0.3, -0.25) is 4.79 Å². The Balaban J connectivity index is 2.85. The van der Waals surface area contributed by atoms with E-state index < -0.39 is 0 Å². The van der Waals surface area contributed by atoms with E-state index in [4.69, 9.17) is 0 Å². The fourth-order valence-corrected chi connectivity index (χ4v) is 2.27. The number of amidine groups is 1. The molecule has 0 aromatic rings. The minimum Gasteiger partial charge on any atom is -0.359 e. The van der Waals surface area contributed by atoms with Crippen LogP contribution in [0.3, 0.4) is 0 Å². The van der Waals surface area contributed by atoms with Gasteiger partial charge in [0.25, 0.3) is 0 Å². The molecule has 0 spiro atoms. The first-order chi connectivity index (χ1) is 8.51. The van der Waals surface area contributed by atoms with Crippen molar-refractivity contribution >= 4 is 11.7 Å². The average molecular weight is 249 g/mol. The molecule has 2 atom stereocenters. The van der Waals surface area contributed by atoms with Gasteiger partial charge in [0.05, 0.1) is 5.92 Å². The number of amides is 1. The second-order valence-corrected chi connectivity index (χ2v) is 4.82. The standard InChI is InChI=1S/C14H23N3O/c1-6-7-16-13(10(2)3)17-8-11(4)12(9-17)14(18)15-5/h6-7,11-12H,2,8-9H2,1,3-5H3,(H,15,18)/b7-6-,16-13?. The summed E-state index contributed by atoms with van der Waals surface area (Å²) in [6.45, 7) is 11.5. The number of hydrogen-bond donors (Lipinski definition) is 1. The number of rotatable bonds is 3. The van der Waals surface area contributed by atoms with Crippen LogP contribution in [0.5, 0.6) is 0 Å². The molecule has 4 nitrogen and oxygen atoms in total. The van der Waals surface area contributed by atoms with Crippen LogP contribution in [-0.2, 0) is 4.79 Å². The van der Waals surface area contributed by atoms with Crippen LogP contribution < -0.4 is 5.32 Å². The number of carbonyl (C=O) groups excluding carboxylic acids is 1. The van der Waals surface area contributed by atoms with Crippen LogP contribution in [0.15, 0.2) is 29.4 Å². The Morgan fingerprint density at radius 1 is 1.50 bits per heavy atom. The molecule has 18 heavy (non-hydrogen) atoms. The van der Waals surface area contributed by atoms with Gasteiger partial charge in [0.15, 0.2) is 0 Å². The van der Waals surface area contributed by atoms with Gasteiger partial charge >= 0.3 is 0 Å². The Labute approximate surface area is 109 Å². The first-order valence-electron chi connectivity index (χ1n) is 6.32. The van der Waals surface area contributed by atoms with Crippen molar-refractivity contribution in [3.05, 3.63) is 24.4 Å². The highest BCUT2D eigenvalue weighted by Gasteiger charge is 2.35. The number of likely N-dealkylation sites (tertiary alicyclic amines) is 1. The zero-order valence-electron chi connectivity index (χ0n) is 11.7. The highest BCUT2D eigenvalue weighted by Crippen LogP contribution is 2.24. The zero-order chi connectivity index (χ0) is 13.7. The number of hydrogen-bond acceptors (Lipinski definition) is 2. The molecule has 100 valence electrons. The highest BCUT2D eigenvalue weighted by molar-refractivity contribution is 5.98. The van der Waals surface area contributed by atoms with Gasteiger partial charge in [-0.25, -0.2) is 4.99 Å². The quantitative estimate of drug-likeness (QED) is 0.612. The smallest absolute Gasteiger partial charge is 0.224 e. The maximum absolute atomic E-state index is 11.8. The van der Waals surface area contributed by atoms with Crippen molar-refractivity contribution in [3.63, 3.8) is 0 Å². The fourth-order valence-electron chi connectivity index (χ4n) is 2.27. The Morgan fingerprint density at radius 3 is 2.67 bits per heavy atom. The van der Waals surface area contributed by atoms with Crippen LogP contribution in [0, 0.1) is 11.8 Å². The summed E-state index contributed by atoms with van der Waals surface area (Å²) in [4.78, 5) is 18.3. The van der Waals surface area contributed by atoms with Gasteiger partial charge in [-0.2, -0.15) is 0 Å². The van der Waals surface area contributed by atoms with Crippen LogP contribution in [-0.4, -0.2) is 36.8 Å². The molecule has 1 aliphatic heterocycles. The lowest BCUT2D eigenvalue weighted by Gasteiger charge is -2.20. The number of nitrogens with zero attached hydrogens (tertiary/aromatic N) is 2. The molecule has 1 saturated heterocycles. The molecule has 1 fully saturated rings. The summed E-state index contributed by atoms with van der Waals surface area (Å²) in [5.74, 6) is 1.36. The lowest BCUT2D eigenvalue weighted by Crippen LogP contribution is -2.33. The minimum absolute atomic E-state index is 0.0326. The summed E-state index contributed by atoms with van der Waals surface area (Å²) in [5, 5.41) is 2.73. The lowest BCUT2D eigenvalue weighted by atomic mass is 9.98. The number of carbonyl (C=O) groups is 1. The van der Waals surface area contributed by atoms with Crippen molar-refractivity contribution in [2.75, 3.05) is 20.1 Å². The van der Waals surface area contributed by atoms with Crippen LogP contribution >= 0.6 is 0 Å². The zero-order valence-corrected chi connectivity index (χ0v) is 11.7. The maximum Gasteiger partial charge on any atom is 0.224 e. The molecule has 0 saturated carbocycles. The van der Waals surface area contributed by atoms with Gasteiger partial charge < -0.3 is 10.2 Å². The van der Waals surface area contributed by atoms with Gasteiger partial charge in [-0.1, -0.05) is 19.6 Å². The Kier molecular flexibility index (Phi) is 5.13. The molecular weight excluding hydrogens is 226 g/mol. The van der Waals surface area contributed by atoms with Crippen molar-refractivity contribution in [1.29, 1.82) is 0 Å². The summed E-state index contributed by atoms with van der Waals surface area (Å²) < 4.78 is 0. The monoisotopic (exact) mass is 249 g/mol. The fraction of sp³-hybridized carbons (Fsp3) is 0.571. The first-order valence-corrected chi connectivity index (χ1v) is 6.32. The number of nitrogens with one attached hydrogen (secondary N) is 1. The highest BCUT2D eigenvalue weighted by atomic mass is 16.1. The molecule has 1 rings (SSSR count). The SMILES string of the molecule is C=C(C)C(=N/C=C\C)N1CC(C)C(C(=O)NC)C1. The second-order valence-electron chi connectivity index (χ2n) is 4.82. The van der Waals surface area contributed by atoms with E-state index in [0.29, 0.717) is 12.5 Å². The Bertz CT molecular complexity index is 385. The third-order valence-electron chi connectivity index (χ3n) is 3.22. The van der Waals surface area contributed by atoms with E-state index in [2.05, 4.69) is 28.7 Å². The van der Waals surface area contributed by atoms with Crippen LogP contribution in [0.25, 0.3) is 0 Å². The third-order valence-corrected chi connectivity index (χ3v) is 3.22. The number of aliphatic imine (C=N–C) groups is 1. The van der Waals surface area contributed by atoms with E-state index in [1.165, 1.54) is 0 Å². The van der Waals surface area contributed by atoms with Gasteiger partial charge in [0.2, 0.25) is 5.91 Å². The van der Waals surface area contributed by atoms with E-state index in [-0.39, 0.29) is 11.8 Å². The van der Waals surface area contributed by atoms with Crippen molar-refractivity contribution in [2.45, 2.75) is 20.8 Å². The van der Waals surface area contributed by atoms with Gasteiger partial charge in [-0.15, -0.1) is 0 Å². The third kappa shape index (κ3) is 3.22. The molecule has 1 amide bonds. The molecule has 4 heteroatoms. The van der Waals surface area contributed by atoms with Gasteiger partial charge in [0, 0.05) is 26.3 Å². The van der Waals surface area contributed by atoms with E-state index in [1.807, 2.05) is 19.9 Å². The van der Waals surface area contributed by atoms with Crippen LogP contribution in [0.2, 0.25) is 0 Å². The van der Waals surface area contributed by atoms with Gasteiger partial charge in [0.1, 0.15) is 5.84 Å². The predicted molar refractivity (Wildman–Crippen MR) is 75.4 cm³/mol. The van der Waals surface area contributed by atoms with Crippen molar-refractivity contribution < 1.29 is 4.79 Å². The molecule has 1 N–H and O–H groups in total. The maximum atomic E-state index is 11.8. The van der Waals surface area contributed by atoms with Crippen LogP contribution in [0.4, 0.5) is 0 Å². The Hall–Kier alpha value is -1.58. The average Bonchev–Trinajstić information content (AvgIpc) is 2.70. The summed E-state index contributed by atoms with van der Waals surface area (Å²) >= 11 is 0. The summed E-state index contributed by atoms with van der Waals surface area (Å²) in [6.07, 6.45) is 3.65. The molecule has 2 unspecified atom stereocenters. The molecule has 0 aromatic heterocycles. The minimum atomic E-state index is 0.0326. The molecule has 0 radical (unpaired) electrons. The van der Waals surface area contributed by atoms with Crippen molar-refractivity contribution in [1.82, 2.24) is 10.2 Å². The number of allylic oxidation sites excluding steroid dienone is 1. The summed E-state index contributed by atoms with van der Waals surface area (Å²) in [6, 6.07) is 0. The van der Waals surface area contributed by atoms with Crippen molar-refractivity contribution in [3.8, 4) is 0 Å². The topological polar surface area (TPSA) is 44.7 Å². The molecular formula is C14H23N3O. The normalized spacial score (nSPS) is 24.7. The van der Waals surface area contributed by atoms with E-state index >= 15 is 0 Å². The second kappa shape index (κ2) is 6.38. The largest absolute Gasteiger partial charge is 0.359 e. The van der Waals surface area contributed by atoms with E-state index in [9.17, 15) is 4.79 Å². The molecule has 0 bridgehead atoms. The predicted octanol–water partition coefficient (Wildman–Crippen LogP) is 1.81. The van der Waals surface area contributed by atoms with E-state index in [1.54, 1.807) is 13.2 Å². The van der Waals surface area contributed by atoms with E-state index in [0.717, 1.165) is 18.0 Å². The molecule has 1 aliphatic rings. The van der Waals surface area contributed by atoms with Crippen LogP contribution in [0.1, 0.15) is 20.8 Å². The molecule has 0 aromatic carbocycles. The van der Waals surface area contributed by atoms with Gasteiger partial charge in [-0.05, 0) is 25.3 Å². The summed E-state index contributed by atoms with van der Waals surface area (Å²) in [5.41, 5.74) is 0.929. The first kappa shape index (κ1) is 14.5. The van der Waals surface area contributed by atoms with Crippen molar-refractivity contribution in [2.24, 2.45) is 16.8 Å². The lowest BCUT2D eigenvalue weighted by molar-refractivity contribution is -0.124.